The third-order valence-electron chi connectivity index (χ3n) is 5.07. The Balaban J connectivity index is 1.87. The van der Waals surface area contributed by atoms with E-state index in [0.29, 0.717) is 11.2 Å². The summed E-state index contributed by atoms with van der Waals surface area (Å²) in [7, 11) is 1.88. The minimum Gasteiger partial charge on any atom is -0.315 e. The molecule has 0 N–H and O–H groups in total. The molecule has 3 atom stereocenters. The first kappa shape index (κ1) is 14.1. The second-order valence-electron chi connectivity index (χ2n) is 6.31. The van der Waals surface area contributed by atoms with E-state index in [2.05, 4.69) is 41.1 Å². The molecule has 1 aliphatic carbocycles. The third kappa shape index (κ3) is 2.41. The first-order valence-electron chi connectivity index (χ1n) is 7.61. The number of rotatable bonds is 2. The van der Waals surface area contributed by atoms with Crippen molar-refractivity contribution in [3.05, 3.63) is 29.3 Å². The molecule has 0 saturated heterocycles. The Morgan fingerprint density at radius 1 is 1.30 bits per heavy atom. The van der Waals surface area contributed by atoms with Gasteiger partial charge < -0.3 is 4.90 Å². The van der Waals surface area contributed by atoms with Crippen LogP contribution in [0.3, 0.4) is 0 Å². The van der Waals surface area contributed by atoms with E-state index in [9.17, 15) is 4.79 Å². The number of carbonyl (C=O) groups is 1. The van der Waals surface area contributed by atoms with Gasteiger partial charge in [-0.15, -0.1) is 0 Å². The largest absolute Gasteiger partial charge is 0.315 e. The van der Waals surface area contributed by atoms with E-state index in [0.717, 1.165) is 23.9 Å². The van der Waals surface area contributed by atoms with Crippen molar-refractivity contribution in [2.45, 2.75) is 43.9 Å². The maximum Gasteiger partial charge on any atom is 0.227 e. The lowest BCUT2D eigenvalue weighted by Crippen LogP contribution is -2.31. The predicted molar refractivity (Wildman–Crippen MR) is 86.3 cm³/mol. The maximum absolute atomic E-state index is 11.7. The molecule has 2 nitrogen and oxygen atoms in total. The highest BCUT2D eigenvalue weighted by atomic mass is 79.9. The molecular weight excluding hydrogens is 314 g/mol. The highest BCUT2D eigenvalue weighted by molar-refractivity contribution is 9.09. The van der Waals surface area contributed by atoms with Gasteiger partial charge in [0.2, 0.25) is 5.91 Å². The summed E-state index contributed by atoms with van der Waals surface area (Å²) in [4.78, 5) is 14.0. The molecule has 3 heteroatoms. The lowest BCUT2D eigenvalue weighted by atomic mass is 9.89. The summed E-state index contributed by atoms with van der Waals surface area (Å²) in [6, 6.07) is 6.62. The van der Waals surface area contributed by atoms with E-state index < -0.39 is 0 Å². The van der Waals surface area contributed by atoms with Gasteiger partial charge in [-0.2, -0.15) is 0 Å². The van der Waals surface area contributed by atoms with Gasteiger partial charge in [0, 0.05) is 24.0 Å². The predicted octanol–water partition coefficient (Wildman–Crippen LogP) is 4.47. The van der Waals surface area contributed by atoms with Crippen LogP contribution in [0.4, 0.5) is 5.69 Å². The normalized spacial score (nSPS) is 27.6. The average Bonchev–Trinajstić information content (AvgIpc) is 2.88. The molecule has 3 unspecified atom stereocenters. The Hall–Kier alpha value is -0.830. The fourth-order valence-electron chi connectivity index (χ4n) is 3.70. The van der Waals surface area contributed by atoms with Crippen molar-refractivity contribution >= 4 is 27.5 Å². The zero-order valence-electron chi connectivity index (χ0n) is 12.2. The monoisotopic (exact) mass is 335 g/mol. The summed E-state index contributed by atoms with van der Waals surface area (Å²) in [5.41, 5.74) is 3.79. The van der Waals surface area contributed by atoms with Gasteiger partial charge in [0.05, 0.1) is 0 Å². The van der Waals surface area contributed by atoms with E-state index in [-0.39, 0.29) is 5.91 Å². The van der Waals surface area contributed by atoms with Gasteiger partial charge in [-0.3, -0.25) is 4.79 Å². The second-order valence-corrected chi connectivity index (χ2v) is 7.30. The number of anilines is 1. The molecule has 0 radical (unpaired) electrons. The van der Waals surface area contributed by atoms with Crippen LogP contribution in [0.1, 0.15) is 48.6 Å². The average molecular weight is 336 g/mol. The minimum absolute atomic E-state index is 0.227. The number of hydrogen-bond acceptors (Lipinski definition) is 1. The van der Waals surface area contributed by atoms with Crippen LogP contribution < -0.4 is 4.90 Å². The van der Waals surface area contributed by atoms with Crippen LogP contribution in [0, 0.1) is 11.8 Å². The Kier molecular flexibility index (Phi) is 3.89. The van der Waals surface area contributed by atoms with Crippen molar-refractivity contribution in [2.24, 2.45) is 11.8 Å². The first-order valence-corrected chi connectivity index (χ1v) is 8.53. The molecule has 20 heavy (non-hydrogen) atoms. The number of benzene rings is 1. The quantitative estimate of drug-likeness (QED) is 0.730. The summed E-state index contributed by atoms with van der Waals surface area (Å²) in [6.45, 7) is 2.37. The molecule has 0 aromatic heterocycles. The van der Waals surface area contributed by atoms with Crippen molar-refractivity contribution in [1.29, 1.82) is 0 Å². The van der Waals surface area contributed by atoms with Crippen molar-refractivity contribution in [3.63, 3.8) is 0 Å². The van der Waals surface area contributed by atoms with Gasteiger partial charge in [0.1, 0.15) is 0 Å². The zero-order valence-corrected chi connectivity index (χ0v) is 13.8. The number of halogens is 1. The number of aryl methyl sites for hydroxylation is 1. The van der Waals surface area contributed by atoms with Crippen molar-refractivity contribution in [2.75, 3.05) is 11.9 Å². The van der Waals surface area contributed by atoms with Crippen LogP contribution >= 0.6 is 15.9 Å². The number of hydrogen-bond donors (Lipinski definition) is 0. The van der Waals surface area contributed by atoms with Gasteiger partial charge in [-0.25, -0.2) is 0 Å². The summed E-state index contributed by atoms with van der Waals surface area (Å²) in [5, 5.41) is 0. The molecule has 1 saturated carbocycles. The molecule has 3 rings (SSSR count). The fourth-order valence-corrected chi connectivity index (χ4v) is 4.77. The minimum atomic E-state index is 0.227. The smallest absolute Gasteiger partial charge is 0.227 e. The molecule has 108 valence electrons. The number of amides is 1. The zero-order chi connectivity index (χ0) is 14.3. The number of carbonyl (C=O) groups excluding carboxylic acids is 1. The van der Waals surface area contributed by atoms with E-state index in [1.807, 2.05) is 7.05 Å². The standard InChI is InChI=1S/C17H22BrNO/c1-11-4-3-5-14(11)17(18)13-6-8-15-12(10-13)7-9-16(20)19(15)2/h6,8,10-11,14,17H,3-5,7,9H2,1-2H3. The van der Waals surface area contributed by atoms with Crippen LogP contribution in [0.2, 0.25) is 0 Å². The summed E-state index contributed by atoms with van der Waals surface area (Å²) < 4.78 is 0. The second kappa shape index (κ2) is 5.51. The van der Waals surface area contributed by atoms with E-state index >= 15 is 0 Å². The van der Waals surface area contributed by atoms with E-state index in [1.54, 1.807) is 4.90 Å². The van der Waals surface area contributed by atoms with Crippen molar-refractivity contribution < 1.29 is 4.79 Å². The Labute approximate surface area is 129 Å². The molecule has 0 bridgehead atoms. The summed E-state index contributed by atoms with van der Waals surface area (Å²) in [5.74, 6) is 1.78. The summed E-state index contributed by atoms with van der Waals surface area (Å²) in [6.07, 6.45) is 5.56. The van der Waals surface area contributed by atoms with E-state index in [4.69, 9.17) is 0 Å². The molecular formula is C17H22BrNO. The lowest BCUT2D eigenvalue weighted by Gasteiger charge is -2.28. The van der Waals surface area contributed by atoms with Crippen molar-refractivity contribution in [1.82, 2.24) is 0 Å². The van der Waals surface area contributed by atoms with E-state index in [1.165, 1.54) is 30.4 Å². The highest BCUT2D eigenvalue weighted by Crippen LogP contribution is 2.45. The molecule has 1 aliphatic heterocycles. The molecule has 2 aliphatic rings. The van der Waals surface area contributed by atoms with Crippen LogP contribution in [0.5, 0.6) is 0 Å². The Morgan fingerprint density at radius 3 is 2.80 bits per heavy atom. The van der Waals surface area contributed by atoms with Crippen molar-refractivity contribution in [3.8, 4) is 0 Å². The third-order valence-corrected chi connectivity index (χ3v) is 6.28. The fraction of sp³-hybridized carbons (Fsp3) is 0.588. The molecule has 0 spiro atoms. The molecule has 1 amide bonds. The molecule has 1 fully saturated rings. The van der Waals surface area contributed by atoms with Gasteiger partial charge in [0.25, 0.3) is 0 Å². The Morgan fingerprint density at radius 2 is 2.10 bits per heavy atom. The number of alkyl halides is 1. The van der Waals surface area contributed by atoms with Gasteiger partial charge >= 0.3 is 0 Å². The lowest BCUT2D eigenvalue weighted by molar-refractivity contribution is -0.118. The molecule has 1 aromatic rings. The van der Waals surface area contributed by atoms with Gasteiger partial charge in [0.15, 0.2) is 0 Å². The number of nitrogens with zero attached hydrogens (tertiary/aromatic N) is 1. The van der Waals surface area contributed by atoms with Gasteiger partial charge in [-0.1, -0.05) is 47.8 Å². The van der Waals surface area contributed by atoms with Gasteiger partial charge in [-0.05, 0) is 41.9 Å². The maximum atomic E-state index is 11.7. The SMILES string of the molecule is CC1CCCC1C(Br)c1ccc2c(c1)CCC(=O)N2C. The number of fused-ring (bicyclic) bond motifs is 1. The highest BCUT2D eigenvalue weighted by Gasteiger charge is 2.31. The van der Waals surface area contributed by atoms with Crippen LogP contribution in [0.15, 0.2) is 18.2 Å². The van der Waals surface area contributed by atoms with Crippen LogP contribution in [-0.2, 0) is 11.2 Å². The molecule has 1 heterocycles. The topological polar surface area (TPSA) is 20.3 Å². The Bertz CT molecular complexity index is 528. The van der Waals surface area contributed by atoms with Crippen LogP contribution in [-0.4, -0.2) is 13.0 Å². The first-order chi connectivity index (χ1) is 9.58. The molecule has 1 aromatic carbocycles. The van der Waals surface area contributed by atoms with Crippen LogP contribution in [0.25, 0.3) is 0 Å². The summed E-state index contributed by atoms with van der Waals surface area (Å²) >= 11 is 3.93.